The lowest BCUT2D eigenvalue weighted by Gasteiger charge is -2.26. The molecule has 1 saturated heterocycles. The standard InChI is InChI=1S/C12H19N3O3S/c1-12(2,3)8-9(16)14-10(19-8)18-11(17)15-6-4-13-5-7-15/h8,13H,4-7H2,1-3H3. The summed E-state index contributed by atoms with van der Waals surface area (Å²) in [5.41, 5.74) is -0.200. The maximum absolute atomic E-state index is 11.9. The SMILES string of the molecule is CC(C)(C)C1SC(OC(=O)N2CCNCC2)=NC1=O. The van der Waals surface area contributed by atoms with Crippen LogP contribution >= 0.6 is 11.8 Å². The Labute approximate surface area is 117 Å². The van der Waals surface area contributed by atoms with Gasteiger partial charge in [0.2, 0.25) is 0 Å². The van der Waals surface area contributed by atoms with Gasteiger partial charge in [0.05, 0.1) is 0 Å². The van der Waals surface area contributed by atoms with Gasteiger partial charge in [-0.25, -0.2) is 4.79 Å². The number of thioether (sulfide) groups is 1. The molecule has 6 nitrogen and oxygen atoms in total. The quantitative estimate of drug-likeness (QED) is 0.721. The molecule has 7 heteroatoms. The van der Waals surface area contributed by atoms with Crippen LogP contribution in [0, 0.1) is 5.41 Å². The van der Waals surface area contributed by atoms with Crippen LogP contribution in [0.3, 0.4) is 0 Å². The lowest BCUT2D eigenvalue weighted by Crippen LogP contribution is -2.46. The van der Waals surface area contributed by atoms with E-state index in [1.807, 2.05) is 20.8 Å². The molecule has 0 saturated carbocycles. The third kappa shape index (κ3) is 3.48. The smallest absolute Gasteiger partial charge is 0.385 e. The molecular weight excluding hydrogens is 266 g/mol. The fraction of sp³-hybridized carbons (Fsp3) is 0.750. The highest BCUT2D eigenvalue weighted by molar-refractivity contribution is 8.15. The summed E-state index contributed by atoms with van der Waals surface area (Å²) in [5, 5.41) is 3.05. The van der Waals surface area contributed by atoms with Gasteiger partial charge in [0.25, 0.3) is 11.1 Å². The van der Waals surface area contributed by atoms with Gasteiger partial charge >= 0.3 is 6.09 Å². The highest BCUT2D eigenvalue weighted by Gasteiger charge is 2.39. The van der Waals surface area contributed by atoms with Crippen molar-refractivity contribution in [1.82, 2.24) is 10.2 Å². The summed E-state index contributed by atoms with van der Waals surface area (Å²) < 4.78 is 5.20. The van der Waals surface area contributed by atoms with Crippen molar-refractivity contribution >= 4 is 29.0 Å². The van der Waals surface area contributed by atoms with Crippen molar-refractivity contribution in [2.75, 3.05) is 26.2 Å². The number of hydrogen-bond acceptors (Lipinski definition) is 5. The van der Waals surface area contributed by atoms with Crippen LogP contribution in [0.25, 0.3) is 0 Å². The van der Waals surface area contributed by atoms with Crippen LogP contribution in [0.4, 0.5) is 4.79 Å². The zero-order valence-corrected chi connectivity index (χ0v) is 12.2. The molecule has 0 aromatic rings. The highest BCUT2D eigenvalue weighted by atomic mass is 32.2. The maximum atomic E-state index is 11.9. The topological polar surface area (TPSA) is 71.0 Å². The molecule has 2 heterocycles. The van der Waals surface area contributed by atoms with Crippen LogP contribution in [0.5, 0.6) is 0 Å². The van der Waals surface area contributed by atoms with Gasteiger partial charge in [0, 0.05) is 26.2 Å². The molecule has 106 valence electrons. The molecule has 0 aromatic heterocycles. The fourth-order valence-corrected chi connectivity index (χ4v) is 2.88. The van der Waals surface area contributed by atoms with Gasteiger partial charge in [-0.3, -0.25) is 4.79 Å². The minimum absolute atomic E-state index is 0.174. The largest absolute Gasteiger partial charge is 0.417 e. The average molecular weight is 285 g/mol. The van der Waals surface area contributed by atoms with Crippen molar-refractivity contribution in [2.24, 2.45) is 10.4 Å². The van der Waals surface area contributed by atoms with Gasteiger partial charge in [-0.15, -0.1) is 0 Å². The Kier molecular flexibility index (Phi) is 4.15. The van der Waals surface area contributed by atoms with E-state index in [0.29, 0.717) is 13.1 Å². The molecule has 2 rings (SSSR count). The number of piperazine rings is 1. The Morgan fingerprint density at radius 2 is 2.05 bits per heavy atom. The van der Waals surface area contributed by atoms with E-state index in [1.165, 1.54) is 11.8 Å². The summed E-state index contributed by atoms with van der Waals surface area (Å²) in [7, 11) is 0. The first kappa shape index (κ1) is 14.3. The molecule has 19 heavy (non-hydrogen) atoms. The first-order valence-corrected chi connectivity index (χ1v) is 7.22. The van der Waals surface area contributed by atoms with E-state index >= 15 is 0 Å². The van der Waals surface area contributed by atoms with Crippen molar-refractivity contribution in [3.63, 3.8) is 0 Å². The lowest BCUT2D eigenvalue weighted by molar-refractivity contribution is -0.118. The van der Waals surface area contributed by atoms with Gasteiger partial charge in [0.15, 0.2) is 0 Å². The number of rotatable bonds is 0. The van der Waals surface area contributed by atoms with Crippen molar-refractivity contribution in [2.45, 2.75) is 26.0 Å². The van der Waals surface area contributed by atoms with Crippen LogP contribution in [0.15, 0.2) is 4.99 Å². The number of ether oxygens (including phenoxy) is 1. The molecule has 1 N–H and O–H groups in total. The molecule has 0 radical (unpaired) electrons. The highest BCUT2D eigenvalue weighted by Crippen LogP contribution is 2.36. The lowest BCUT2D eigenvalue weighted by atomic mass is 9.91. The number of carbonyl (C=O) groups is 2. The summed E-state index contributed by atoms with van der Waals surface area (Å²) in [6, 6.07) is 0. The summed E-state index contributed by atoms with van der Waals surface area (Å²) >= 11 is 1.23. The molecule has 2 aliphatic rings. The summed E-state index contributed by atoms with van der Waals surface area (Å²) in [5.74, 6) is -0.222. The second kappa shape index (κ2) is 5.50. The molecule has 1 unspecified atom stereocenters. The molecule has 0 spiro atoms. The monoisotopic (exact) mass is 285 g/mol. The zero-order valence-electron chi connectivity index (χ0n) is 11.4. The minimum Gasteiger partial charge on any atom is -0.385 e. The molecular formula is C12H19N3O3S. The Bertz CT molecular complexity index is 411. The van der Waals surface area contributed by atoms with Crippen molar-refractivity contribution < 1.29 is 14.3 Å². The second-order valence-electron chi connectivity index (χ2n) is 5.68. The number of nitrogens with zero attached hydrogens (tertiary/aromatic N) is 2. The fourth-order valence-electron chi connectivity index (χ4n) is 1.91. The second-order valence-corrected chi connectivity index (χ2v) is 6.74. The average Bonchev–Trinajstić information content (AvgIpc) is 2.71. The summed E-state index contributed by atoms with van der Waals surface area (Å²) in [6.07, 6.45) is -0.421. The number of hydrogen-bond donors (Lipinski definition) is 1. The molecule has 0 aromatic carbocycles. The first-order chi connectivity index (χ1) is 8.88. The molecule has 2 amide bonds. The van der Waals surface area contributed by atoms with Crippen LogP contribution in [-0.4, -0.2) is 53.6 Å². The van der Waals surface area contributed by atoms with Crippen LogP contribution in [0.1, 0.15) is 20.8 Å². The van der Waals surface area contributed by atoms with Gasteiger partial charge in [-0.2, -0.15) is 4.99 Å². The molecule has 0 bridgehead atoms. The first-order valence-electron chi connectivity index (χ1n) is 6.34. The number of carbonyl (C=O) groups excluding carboxylic acids is 2. The van der Waals surface area contributed by atoms with E-state index in [-0.39, 0.29) is 21.8 Å². The van der Waals surface area contributed by atoms with Crippen LogP contribution < -0.4 is 5.32 Å². The van der Waals surface area contributed by atoms with E-state index in [4.69, 9.17) is 4.74 Å². The normalized spacial score (nSPS) is 24.4. The van der Waals surface area contributed by atoms with Crippen molar-refractivity contribution in [3.05, 3.63) is 0 Å². The van der Waals surface area contributed by atoms with Gasteiger partial charge in [0.1, 0.15) is 5.25 Å². The Morgan fingerprint density at radius 3 is 2.58 bits per heavy atom. The summed E-state index contributed by atoms with van der Waals surface area (Å²) in [6.45, 7) is 8.68. The minimum atomic E-state index is -0.421. The predicted molar refractivity (Wildman–Crippen MR) is 74.2 cm³/mol. The molecule has 2 aliphatic heterocycles. The Hall–Kier alpha value is -1.08. The predicted octanol–water partition coefficient (Wildman–Crippen LogP) is 1.07. The van der Waals surface area contributed by atoms with E-state index in [2.05, 4.69) is 10.3 Å². The van der Waals surface area contributed by atoms with E-state index in [9.17, 15) is 9.59 Å². The summed E-state index contributed by atoms with van der Waals surface area (Å²) in [4.78, 5) is 29.1. The van der Waals surface area contributed by atoms with E-state index in [0.717, 1.165) is 13.1 Å². The zero-order chi connectivity index (χ0) is 14.0. The van der Waals surface area contributed by atoms with E-state index in [1.54, 1.807) is 4.90 Å². The van der Waals surface area contributed by atoms with Crippen molar-refractivity contribution in [1.29, 1.82) is 0 Å². The molecule has 1 atom stereocenters. The number of amides is 2. The van der Waals surface area contributed by atoms with Gasteiger partial charge < -0.3 is 15.0 Å². The third-order valence-corrected chi connectivity index (χ3v) is 4.50. The molecule has 1 fully saturated rings. The molecule has 0 aliphatic carbocycles. The van der Waals surface area contributed by atoms with Crippen molar-refractivity contribution in [3.8, 4) is 0 Å². The van der Waals surface area contributed by atoms with Crippen LogP contribution in [-0.2, 0) is 9.53 Å². The number of aliphatic imine (C=N–C) groups is 1. The Morgan fingerprint density at radius 1 is 1.42 bits per heavy atom. The Balaban J connectivity index is 1.92. The maximum Gasteiger partial charge on any atom is 0.417 e. The third-order valence-electron chi connectivity index (χ3n) is 2.98. The van der Waals surface area contributed by atoms with Crippen LogP contribution in [0.2, 0.25) is 0 Å². The van der Waals surface area contributed by atoms with E-state index < -0.39 is 6.09 Å². The van der Waals surface area contributed by atoms with Gasteiger partial charge in [-0.05, 0) is 5.41 Å². The van der Waals surface area contributed by atoms with Gasteiger partial charge in [-0.1, -0.05) is 32.5 Å². The number of nitrogens with one attached hydrogen (secondary N) is 1.